The number of aliphatic carboxylic acids is 4. The number of carboxylic acid groups (broad SMARTS) is 4. The Morgan fingerprint density at radius 2 is 1.38 bits per heavy atom. The van der Waals surface area contributed by atoms with Crippen molar-refractivity contribution in [3.05, 3.63) is 12.7 Å². The van der Waals surface area contributed by atoms with Gasteiger partial charge >= 0.3 is 23.9 Å². The molecule has 0 heterocycles. The molecule has 1 aliphatic carbocycles. The number of allylic oxidation sites excluding steroid dienone is 1. The van der Waals surface area contributed by atoms with Crippen molar-refractivity contribution in [1.29, 1.82) is 0 Å². The molecule has 4 N–H and O–H groups in total. The summed E-state index contributed by atoms with van der Waals surface area (Å²) in [5, 5.41) is 36.1. The van der Waals surface area contributed by atoms with Gasteiger partial charge in [0.25, 0.3) is 0 Å². The van der Waals surface area contributed by atoms with Gasteiger partial charge in [-0.3, -0.25) is 19.2 Å². The predicted octanol–water partition coefficient (Wildman–Crippen LogP) is 0.530. The van der Waals surface area contributed by atoms with Gasteiger partial charge in [-0.25, -0.2) is 0 Å². The van der Waals surface area contributed by atoms with Crippen molar-refractivity contribution in [2.75, 3.05) is 0 Å². The van der Waals surface area contributed by atoms with E-state index in [4.69, 9.17) is 10.2 Å². The van der Waals surface area contributed by atoms with E-state index in [0.717, 1.165) is 0 Å². The van der Waals surface area contributed by atoms with Crippen LogP contribution in [0.5, 0.6) is 0 Å². The van der Waals surface area contributed by atoms with Gasteiger partial charge in [-0.05, 0) is 12.3 Å². The molecule has 0 aliphatic heterocycles. The molecule has 1 aliphatic rings. The van der Waals surface area contributed by atoms with E-state index < -0.39 is 59.9 Å². The van der Waals surface area contributed by atoms with Crippen molar-refractivity contribution in [3.63, 3.8) is 0 Å². The van der Waals surface area contributed by atoms with Gasteiger partial charge in [0.15, 0.2) is 0 Å². The number of carbonyl (C=O) groups is 4. The van der Waals surface area contributed by atoms with Crippen molar-refractivity contribution < 1.29 is 39.6 Å². The van der Waals surface area contributed by atoms with Crippen molar-refractivity contribution in [1.82, 2.24) is 0 Å². The molecular formula is C13H16O8. The molecule has 3 atom stereocenters. The molecule has 21 heavy (non-hydrogen) atoms. The molecule has 0 radical (unpaired) electrons. The van der Waals surface area contributed by atoms with Crippen molar-refractivity contribution >= 4 is 23.9 Å². The first-order valence-electron chi connectivity index (χ1n) is 6.18. The molecule has 0 aromatic rings. The monoisotopic (exact) mass is 300 g/mol. The number of rotatable bonds is 9. The van der Waals surface area contributed by atoms with E-state index in [1.807, 2.05) is 0 Å². The van der Waals surface area contributed by atoms with Crippen LogP contribution in [0.15, 0.2) is 12.7 Å². The van der Waals surface area contributed by atoms with Gasteiger partial charge in [-0.2, -0.15) is 0 Å². The first-order chi connectivity index (χ1) is 9.66. The second-order valence-electron chi connectivity index (χ2n) is 5.14. The molecule has 116 valence electrons. The summed E-state index contributed by atoms with van der Waals surface area (Å²) in [6, 6.07) is 0. The fourth-order valence-corrected chi connectivity index (χ4v) is 3.03. The van der Waals surface area contributed by atoms with Crippen molar-refractivity contribution in [2.24, 2.45) is 23.2 Å². The topological polar surface area (TPSA) is 149 Å². The van der Waals surface area contributed by atoms with E-state index in [9.17, 15) is 29.4 Å². The number of hydrogen-bond acceptors (Lipinski definition) is 4. The number of carboxylic acids is 4. The summed E-state index contributed by atoms with van der Waals surface area (Å²) < 4.78 is 0. The highest BCUT2D eigenvalue weighted by molar-refractivity contribution is 5.83. The van der Waals surface area contributed by atoms with Gasteiger partial charge in [0.05, 0.1) is 24.7 Å². The molecule has 1 rings (SSSR count). The molecule has 1 fully saturated rings. The molecule has 3 unspecified atom stereocenters. The van der Waals surface area contributed by atoms with Gasteiger partial charge < -0.3 is 20.4 Å². The Morgan fingerprint density at radius 1 is 1.00 bits per heavy atom. The van der Waals surface area contributed by atoms with Crippen LogP contribution >= 0.6 is 0 Å². The lowest BCUT2D eigenvalue weighted by Gasteiger charge is -2.28. The smallest absolute Gasteiger partial charge is 0.307 e. The SMILES string of the molecule is C=CC1CC1(C(CC(=O)O)C(=O)O)C(CC(=O)O)C(=O)O. The van der Waals surface area contributed by atoms with Crippen molar-refractivity contribution in [3.8, 4) is 0 Å². The van der Waals surface area contributed by atoms with Crippen LogP contribution in [0.3, 0.4) is 0 Å². The fraction of sp³-hybridized carbons (Fsp3) is 0.538. The van der Waals surface area contributed by atoms with E-state index in [1.54, 1.807) is 0 Å². The molecule has 1 saturated carbocycles. The average molecular weight is 300 g/mol. The first-order valence-corrected chi connectivity index (χ1v) is 6.18. The molecule has 0 spiro atoms. The summed E-state index contributed by atoms with van der Waals surface area (Å²) in [6.45, 7) is 3.48. The summed E-state index contributed by atoms with van der Waals surface area (Å²) in [7, 11) is 0. The Morgan fingerprint density at radius 3 is 1.57 bits per heavy atom. The molecule has 0 saturated heterocycles. The predicted molar refractivity (Wildman–Crippen MR) is 67.5 cm³/mol. The molecule has 0 bridgehead atoms. The second kappa shape index (κ2) is 5.94. The van der Waals surface area contributed by atoms with Crippen LogP contribution in [0.2, 0.25) is 0 Å². The minimum Gasteiger partial charge on any atom is -0.481 e. The maximum atomic E-state index is 11.4. The highest BCUT2D eigenvalue weighted by atomic mass is 16.4. The summed E-state index contributed by atoms with van der Waals surface area (Å²) >= 11 is 0. The maximum absolute atomic E-state index is 11.4. The third-order valence-electron chi connectivity index (χ3n) is 4.04. The standard InChI is InChI=1S/C13H16O8/c1-2-6-5-13(6,7(11(18)19)3-9(14)15)8(12(20)21)4-10(16)17/h2,6-8H,1,3-5H2,(H,14,15)(H,16,17)(H,18,19)(H,20,21). The van der Waals surface area contributed by atoms with E-state index in [0.29, 0.717) is 0 Å². The van der Waals surface area contributed by atoms with Gasteiger partial charge in [0.2, 0.25) is 0 Å². The van der Waals surface area contributed by atoms with E-state index in [-0.39, 0.29) is 6.42 Å². The largest absolute Gasteiger partial charge is 0.481 e. The summed E-state index contributed by atoms with van der Waals surface area (Å²) in [5.74, 6) is -9.13. The van der Waals surface area contributed by atoms with Crippen LogP contribution in [0.4, 0.5) is 0 Å². The van der Waals surface area contributed by atoms with Crippen LogP contribution in [0.1, 0.15) is 19.3 Å². The van der Waals surface area contributed by atoms with Gasteiger partial charge in [-0.1, -0.05) is 6.08 Å². The van der Waals surface area contributed by atoms with E-state index in [2.05, 4.69) is 6.58 Å². The molecule has 0 aromatic heterocycles. The zero-order valence-corrected chi connectivity index (χ0v) is 11.1. The quantitative estimate of drug-likeness (QED) is 0.450. The number of hydrogen-bond donors (Lipinski definition) is 4. The van der Waals surface area contributed by atoms with Crippen LogP contribution in [0, 0.1) is 23.2 Å². The Kier molecular flexibility index (Phi) is 4.72. The lowest BCUT2D eigenvalue weighted by molar-refractivity contribution is -0.159. The zero-order valence-electron chi connectivity index (χ0n) is 11.1. The average Bonchev–Trinajstić information content (AvgIpc) is 3.07. The fourth-order valence-electron chi connectivity index (χ4n) is 3.03. The van der Waals surface area contributed by atoms with Gasteiger partial charge in [0, 0.05) is 5.41 Å². The van der Waals surface area contributed by atoms with Gasteiger partial charge in [-0.15, -0.1) is 6.58 Å². The minimum absolute atomic E-state index is 0.102. The van der Waals surface area contributed by atoms with Gasteiger partial charge in [0.1, 0.15) is 0 Å². The highest BCUT2D eigenvalue weighted by Crippen LogP contribution is 2.65. The summed E-state index contributed by atoms with van der Waals surface area (Å²) in [5.41, 5.74) is -1.42. The lowest BCUT2D eigenvalue weighted by Crippen LogP contribution is -2.39. The maximum Gasteiger partial charge on any atom is 0.307 e. The molecule has 0 amide bonds. The normalized spacial score (nSPS) is 26.4. The lowest BCUT2D eigenvalue weighted by atomic mass is 9.73. The van der Waals surface area contributed by atoms with E-state index in [1.165, 1.54) is 6.08 Å². The Hall–Kier alpha value is -2.38. The first kappa shape index (κ1) is 16.7. The third kappa shape index (κ3) is 3.21. The molecule has 0 aromatic carbocycles. The Bertz CT molecular complexity index is 460. The second-order valence-corrected chi connectivity index (χ2v) is 5.14. The third-order valence-corrected chi connectivity index (χ3v) is 4.04. The highest BCUT2D eigenvalue weighted by Gasteiger charge is 2.66. The van der Waals surface area contributed by atoms with Crippen LogP contribution < -0.4 is 0 Å². The molecule has 8 heteroatoms. The van der Waals surface area contributed by atoms with E-state index >= 15 is 0 Å². The summed E-state index contributed by atoms with van der Waals surface area (Å²) in [6.07, 6.45) is -0.0628. The Labute approximate surface area is 119 Å². The van der Waals surface area contributed by atoms with Crippen LogP contribution in [-0.2, 0) is 19.2 Å². The molecular weight excluding hydrogens is 284 g/mol. The van der Waals surface area contributed by atoms with Crippen LogP contribution in [0.25, 0.3) is 0 Å². The zero-order chi connectivity index (χ0) is 16.4. The molecule has 8 nitrogen and oxygen atoms in total. The Balaban J connectivity index is 3.25. The minimum atomic E-state index is -1.47. The van der Waals surface area contributed by atoms with Crippen LogP contribution in [-0.4, -0.2) is 44.3 Å². The van der Waals surface area contributed by atoms with Crippen molar-refractivity contribution in [2.45, 2.75) is 19.3 Å². The summed E-state index contributed by atoms with van der Waals surface area (Å²) in [4.78, 5) is 44.4.